The van der Waals surface area contributed by atoms with E-state index in [-0.39, 0.29) is 29.8 Å². The second kappa shape index (κ2) is 16.0. The number of sulfonamides is 1. The van der Waals surface area contributed by atoms with Crippen molar-refractivity contribution in [3.8, 4) is 5.75 Å². The monoisotopic (exact) mass is 681 g/mol. The quantitative estimate of drug-likeness (QED) is 0.159. The summed E-state index contributed by atoms with van der Waals surface area (Å²) in [6.45, 7) is 3.26. The normalized spacial score (nSPS) is 12.5. The van der Waals surface area contributed by atoms with Gasteiger partial charge in [-0.3, -0.25) is 13.9 Å². The molecule has 4 aromatic rings. The van der Waals surface area contributed by atoms with Gasteiger partial charge < -0.3 is 15.0 Å². The lowest BCUT2D eigenvalue weighted by Crippen LogP contribution is -2.54. The zero-order chi connectivity index (χ0) is 33.3. The molecule has 0 aliphatic carbocycles. The van der Waals surface area contributed by atoms with Crippen LogP contribution in [0.5, 0.6) is 5.75 Å². The molecule has 0 aromatic heterocycles. The molecule has 0 saturated heterocycles. The van der Waals surface area contributed by atoms with Crippen molar-refractivity contribution in [2.45, 2.75) is 50.2 Å². The molecule has 2 amide bonds. The number of nitrogens with zero attached hydrogens (tertiary/aromatic N) is 2. The standard InChI is InChI=1S/C35H37Cl2N3O5S/c1-4-25(2)38-35(42)33(22-26-11-7-5-8-12-26)39(23-27-15-20-31(36)32(37)21-27)34(41)24-40(28-13-9-6-10-14-28)46(43,44)30-18-16-29(45-3)17-19-30/h5-21,25,33H,4,22-24H2,1-3H3,(H,38,42)/t25-,33+/m1/s1. The van der Waals surface area contributed by atoms with Gasteiger partial charge in [-0.1, -0.05) is 84.7 Å². The van der Waals surface area contributed by atoms with Crippen molar-refractivity contribution in [3.63, 3.8) is 0 Å². The Labute approximate surface area is 280 Å². The molecule has 0 aliphatic heterocycles. The lowest BCUT2D eigenvalue weighted by Gasteiger charge is -2.34. The highest BCUT2D eigenvalue weighted by Gasteiger charge is 2.35. The Balaban J connectivity index is 1.80. The highest BCUT2D eigenvalue weighted by molar-refractivity contribution is 7.92. The van der Waals surface area contributed by atoms with Crippen LogP contribution in [0, 0.1) is 0 Å². The van der Waals surface area contributed by atoms with E-state index in [2.05, 4.69) is 5.32 Å². The molecule has 0 bridgehead atoms. The van der Waals surface area contributed by atoms with Gasteiger partial charge in [-0.15, -0.1) is 0 Å². The Kier molecular flexibility index (Phi) is 12.1. The van der Waals surface area contributed by atoms with Gasteiger partial charge in [-0.25, -0.2) is 8.42 Å². The predicted molar refractivity (Wildman–Crippen MR) is 183 cm³/mol. The lowest BCUT2D eigenvalue weighted by atomic mass is 10.0. The minimum atomic E-state index is -4.23. The maximum absolute atomic E-state index is 14.5. The Hall–Kier alpha value is -4.05. The van der Waals surface area contributed by atoms with E-state index in [0.717, 1.165) is 9.87 Å². The maximum atomic E-state index is 14.5. The molecule has 2 atom stereocenters. The van der Waals surface area contributed by atoms with E-state index in [0.29, 0.717) is 33.5 Å². The van der Waals surface area contributed by atoms with Crippen molar-refractivity contribution < 1.29 is 22.7 Å². The van der Waals surface area contributed by atoms with Crippen LogP contribution in [0.3, 0.4) is 0 Å². The number of para-hydroxylation sites is 1. The zero-order valence-electron chi connectivity index (χ0n) is 25.9. The number of carbonyl (C=O) groups excluding carboxylic acids is 2. The number of nitrogens with one attached hydrogen (secondary N) is 1. The van der Waals surface area contributed by atoms with E-state index in [4.69, 9.17) is 27.9 Å². The molecule has 0 radical (unpaired) electrons. The Morgan fingerprint density at radius 1 is 0.848 bits per heavy atom. The largest absolute Gasteiger partial charge is 0.497 e. The van der Waals surface area contributed by atoms with Gasteiger partial charge in [0.2, 0.25) is 11.8 Å². The van der Waals surface area contributed by atoms with Crippen molar-refractivity contribution in [2.24, 2.45) is 0 Å². The number of benzene rings is 4. The van der Waals surface area contributed by atoms with E-state index >= 15 is 0 Å². The molecule has 242 valence electrons. The van der Waals surface area contributed by atoms with E-state index in [1.54, 1.807) is 60.7 Å². The Morgan fingerprint density at radius 3 is 2.07 bits per heavy atom. The molecule has 11 heteroatoms. The number of halogens is 2. The molecule has 0 spiro atoms. The van der Waals surface area contributed by atoms with E-state index in [1.165, 1.54) is 24.1 Å². The number of hydrogen-bond acceptors (Lipinski definition) is 5. The molecular formula is C35H37Cl2N3O5S. The van der Waals surface area contributed by atoms with Gasteiger partial charge in [-0.05, 0) is 73.0 Å². The third-order valence-corrected chi connectivity index (χ3v) is 10.1. The van der Waals surface area contributed by atoms with Crippen LogP contribution < -0.4 is 14.4 Å². The van der Waals surface area contributed by atoms with Crippen LogP contribution in [0.25, 0.3) is 0 Å². The van der Waals surface area contributed by atoms with Gasteiger partial charge in [0.15, 0.2) is 0 Å². The van der Waals surface area contributed by atoms with Crippen LogP contribution in [0.2, 0.25) is 10.0 Å². The second-order valence-electron chi connectivity index (χ2n) is 10.8. The minimum absolute atomic E-state index is 0.0173. The first-order valence-electron chi connectivity index (χ1n) is 14.8. The van der Waals surface area contributed by atoms with Crippen molar-refractivity contribution in [2.75, 3.05) is 18.0 Å². The molecule has 1 N–H and O–H groups in total. The van der Waals surface area contributed by atoms with E-state index in [1.807, 2.05) is 44.2 Å². The highest BCUT2D eigenvalue weighted by atomic mass is 35.5. The number of amides is 2. The van der Waals surface area contributed by atoms with E-state index < -0.39 is 28.5 Å². The number of ether oxygens (including phenoxy) is 1. The summed E-state index contributed by atoms with van der Waals surface area (Å²) >= 11 is 12.5. The molecule has 46 heavy (non-hydrogen) atoms. The molecule has 0 saturated carbocycles. The van der Waals surface area contributed by atoms with Crippen LogP contribution in [-0.2, 0) is 32.6 Å². The maximum Gasteiger partial charge on any atom is 0.264 e. The molecule has 0 heterocycles. The van der Waals surface area contributed by atoms with Crippen LogP contribution in [0.15, 0.2) is 108 Å². The first-order valence-corrected chi connectivity index (χ1v) is 17.0. The summed E-state index contributed by atoms with van der Waals surface area (Å²) < 4.78 is 34.5. The predicted octanol–water partition coefficient (Wildman–Crippen LogP) is 6.75. The SMILES string of the molecule is CC[C@@H](C)NC(=O)[C@H](Cc1ccccc1)N(Cc1ccc(Cl)c(Cl)c1)C(=O)CN(c1ccccc1)S(=O)(=O)c1ccc(OC)cc1. The Morgan fingerprint density at radius 2 is 1.48 bits per heavy atom. The van der Waals surface area contributed by atoms with Crippen LogP contribution >= 0.6 is 23.2 Å². The summed E-state index contributed by atoms with van der Waals surface area (Å²) in [6.07, 6.45) is 0.888. The fourth-order valence-electron chi connectivity index (χ4n) is 4.83. The number of carbonyl (C=O) groups is 2. The topological polar surface area (TPSA) is 96.0 Å². The van der Waals surface area contributed by atoms with Gasteiger partial charge >= 0.3 is 0 Å². The highest BCUT2D eigenvalue weighted by Crippen LogP contribution is 2.27. The van der Waals surface area contributed by atoms with Crippen LogP contribution in [0.4, 0.5) is 5.69 Å². The average molecular weight is 683 g/mol. The lowest BCUT2D eigenvalue weighted by molar-refractivity contribution is -0.140. The summed E-state index contributed by atoms with van der Waals surface area (Å²) in [5.74, 6) is -0.437. The van der Waals surface area contributed by atoms with Gasteiger partial charge in [0, 0.05) is 19.0 Å². The van der Waals surface area contributed by atoms with Crippen LogP contribution in [0.1, 0.15) is 31.4 Å². The first kappa shape index (κ1) is 34.8. The number of hydrogen-bond donors (Lipinski definition) is 1. The molecular weight excluding hydrogens is 645 g/mol. The molecule has 4 aromatic carbocycles. The summed E-state index contributed by atoms with van der Waals surface area (Å²) in [7, 11) is -2.74. The number of anilines is 1. The molecule has 0 unspecified atom stereocenters. The van der Waals surface area contributed by atoms with Gasteiger partial charge in [0.05, 0.1) is 27.7 Å². The fourth-order valence-corrected chi connectivity index (χ4v) is 6.56. The summed E-state index contributed by atoms with van der Waals surface area (Å²) in [5, 5.41) is 3.66. The summed E-state index contributed by atoms with van der Waals surface area (Å²) in [6, 6.07) is 27.6. The first-order chi connectivity index (χ1) is 22.0. The van der Waals surface area contributed by atoms with Crippen molar-refractivity contribution in [3.05, 3.63) is 124 Å². The fraction of sp³-hybridized carbons (Fsp3) is 0.257. The smallest absolute Gasteiger partial charge is 0.264 e. The third kappa shape index (κ3) is 8.81. The molecule has 0 aliphatic rings. The zero-order valence-corrected chi connectivity index (χ0v) is 28.2. The number of rotatable bonds is 14. The molecule has 0 fully saturated rings. The van der Waals surface area contributed by atoms with Crippen molar-refractivity contribution in [1.29, 1.82) is 0 Å². The minimum Gasteiger partial charge on any atom is -0.497 e. The number of methoxy groups -OCH3 is 1. The van der Waals surface area contributed by atoms with Gasteiger partial charge in [-0.2, -0.15) is 0 Å². The third-order valence-electron chi connectivity index (χ3n) is 7.58. The second-order valence-corrected chi connectivity index (χ2v) is 13.5. The summed E-state index contributed by atoms with van der Waals surface area (Å²) in [5.41, 5.74) is 1.76. The van der Waals surface area contributed by atoms with Gasteiger partial charge in [0.25, 0.3) is 10.0 Å². The van der Waals surface area contributed by atoms with E-state index in [9.17, 15) is 18.0 Å². The molecule has 4 rings (SSSR count). The van der Waals surface area contributed by atoms with Gasteiger partial charge in [0.1, 0.15) is 18.3 Å². The van der Waals surface area contributed by atoms with Crippen molar-refractivity contribution in [1.82, 2.24) is 10.2 Å². The summed E-state index contributed by atoms with van der Waals surface area (Å²) in [4.78, 5) is 29.8. The Bertz CT molecular complexity index is 1720. The van der Waals surface area contributed by atoms with Crippen LogP contribution in [-0.4, -0.2) is 50.9 Å². The molecule has 8 nitrogen and oxygen atoms in total. The van der Waals surface area contributed by atoms with Crippen molar-refractivity contribution >= 4 is 50.7 Å². The average Bonchev–Trinajstić information content (AvgIpc) is 3.07.